The zero-order valence-electron chi connectivity index (χ0n) is 15.2. The number of aromatic nitrogens is 2. The number of nitrogens with one attached hydrogen (secondary N) is 1. The van der Waals surface area contributed by atoms with Gasteiger partial charge in [-0.1, -0.05) is 6.58 Å². The molecule has 0 saturated heterocycles. The van der Waals surface area contributed by atoms with Gasteiger partial charge in [-0.3, -0.25) is 4.79 Å². The summed E-state index contributed by atoms with van der Waals surface area (Å²) in [4.78, 5) is 21.0. The van der Waals surface area contributed by atoms with Gasteiger partial charge in [0.2, 0.25) is 5.95 Å². The Morgan fingerprint density at radius 3 is 2.62 bits per heavy atom. The minimum atomic E-state index is -3.75. The summed E-state index contributed by atoms with van der Waals surface area (Å²) in [7, 11) is 1.57. The van der Waals surface area contributed by atoms with Gasteiger partial charge < -0.3 is 19.2 Å². The third-order valence-corrected chi connectivity index (χ3v) is 4.21. The van der Waals surface area contributed by atoms with Crippen molar-refractivity contribution in [3.8, 4) is 28.5 Å². The third-order valence-electron chi connectivity index (χ3n) is 4.21. The number of hydrogen-bond acceptors (Lipinski definition) is 5. The van der Waals surface area contributed by atoms with Gasteiger partial charge in [-0.05, 0) is 48.0 Å². The van der Waals surface area contributed by atoms with Crippen molar-refractivity contribution in [1.29, 1.82) is 0 Å². The highest BCUT2D eigenvalue weighted by molar-refractivity contribution is 6.05. The molecule has 0 unspecified atom stereocenters. The zero-order chi connectivity index (χ0) is 20.6. The number of aromatic amines is 1. The van der Waals surface area contributed by atoms with E-state index in [1.165, 1.54) is 23.1 Å². The number of imidazole rings is 1. The summed E-state index contributed by atoms with van der Waals surface area (Å²) < 4.78 is 40.6. The standard InChI is InChI=1S/C20H15F2N3O4/c1-3-18(26)25(13-6-9-16-17(10-13)29-20(21,22)28-16)19-23-11-15(24-19)12-4-7-14(27-2)8-5-12/h3-11H,1H2,2H3,(H,23,24). The Labute approximate surface area is 164 Å². The number of hydrogen-bond donors (Lipinski definition) is 1. The first-order chi connectivity index (χ1) is 13.9. The van der Waals surface area contributed by atoms with Gasteiger partial charge in [0.1, 0.15) is 5.75 Å². The molecule has 29 heavy (non-hydrogen) atoms. The van der Waals surface area contributed by atoms with Crippen LogP contribution in [0.1, 0.15) is 0 Å². The van der Waals surface area contributed by atoms with Crippen LogP contribution in [-0.4, -0.2) is 29.3 Å². The largest absolute Gasteiger partial charge is 0.586 e. The molecule has 2 heterocycles. The first kappa shape index (κ1) is 18.5. The summed E-state index contributed by atoms with van der Waals surface area (Å²) in [5.74, 6) is 0.0751. The Morgan fingerprint density at radius 1 is 1.21 bits per heavy atom. The van der Waals surface area contributed by atoms with Crippen LogP contribution in [0.3, 0.4) is 0 Å². The molecule has 4 rings (SSSR count). The number of methoxy groups -OCH3 is 1. The first-order valence-corrected chi connectivity index (χ1v) is 8.46. The van der Waals surface area contributed by atoms with Crippen molar-refractivity contribution < 1.29 is 27.8 Å². The van der Waals surface area contributed by atoms with Gasteiger partial charge in [0.15, 0.2) is 11.5 Å². The number of fused-ring (bicyclic) bond motifs is 1. The van der Waals surface area contributed by atoms with E-state index in [4.69, 9.17) is 4.74 Å². The number of benzene rings is 2. The number of ether oxygens (including phenoxy) is 3. The summed E-state index contributed by atoms with van der Waals surface area (Å²) >= 11 is 0. The topological polar surface area (TPSA) is 76.7 Å². The fourth-order valence-electron chi connectivity index (χ4n) is 2.86. The molecule has 0 saturated carbocycles. The predicted octanol–water partition coefficient (Wildman–Crippen LogP) is 4.26. The van der Waals surface area contributed by atoms with Crippen LogP contribution in [0.5, 0.6) is 17.2 Å². The first-order valence-electron chi connectivity index (χ1n) is 8.46. The second-order valence-electron chi connectivity index (χ2n) is 6.03. The zero-order valence-corrected chi connectivity index (χ0v) is 15.2. The molecule has 0 radical (unpaired) electrons. The fourth-order valence-corrected chi connectivity index (χ4v) is 2.86. The number of H-pyrrole nitrogens is 1. The van der Waals surface area contributed by atoms with E-state index in [1.54, 1.807) is 25.4 Å². The van der Waals surface area contributed by atoms with Crippen molar-refractivity contribution in [2.24, 2.45) is 0 Å². The Kier molecular flexibility index (Phi) is 4.42. The van der Waals surface area contributed by atoms with Gasteiger partial charge >= 0.3 is 6.29 Å². The average molecular weight is 399 g/mol. The number of anilines is 2. The highest BCUT2D eigenvalue weighted by Gasteiger charge is 2.43. The predicted molar refractivity (Wildman–Crippen MR) is 101 cm³/mol. The van der Waals surface area contributed by atoms with Gasteiger partial charge in [0.25, 0.3) is 5.91 Å². The van der Waals surface area contributed by atoms with Gasteiger partial charge in [-0.25, -0.2) is 9.88 Å². The number of carbonyl (C=O) groups excluding carboxylic acids is 1. The molecule has 0 spiro atoms. The molecule has 1 aliphatic heterocycles. The molecule has 3 aromatic rings. The molecule has 7 nitrogen and oxygen atoms in total. The lowest BCUT2D eigenvalue weighted by atomic mass is 10.2. The second-order valence-corrected chi connectivity index (χ2v) is 6.03. The highest BCUT2D eigenvalue weighted by atomic mass is 19.3. The molecule has 0 aliphatic carbocycles. The number of amides is 1. The molecule has 0 fully saturated rings. The van der Waals surface area contributed by atoms with Crippen LogP contribution in [0.2, 0.25) is 0 Å². The molecular weight excluding hydrogens is 384 g/mol. The lowest BCUT2D eigenvalue weighted by Gasteiger charge is -2.18. The number of nitrogens with zero attached hydrogens (tertiary/aromatic N) is 2. The van der Waals surface area contributed by atoms with Crippen molar-refractivity contribution in [3.63, 3.8) is 0 Å². The highest BCUT2D eigenvalue weighted by Crippen LogP contribution is 2.43. The minimum absolute atomic E-state index is 0.122. The normalized spacial score (nSPS) is 13.8. The average Bonchev–Trinajstić information content (AvgIpc) is 3.30. The molecule has 0 atom stereocenters. The molecular formula is C20H15F2N3O4. The Hall–Kier alpha value is -3.88. The van der Waals surface area contributed by atoms with Crippen molar-refractivity contribution >= 4 is 17.5 Å². The monoisotopic (exact) mass is 399 g/mol. The molecule has 2 aromatic carbocycles. The van der Waals surface area contributed by atoms with E-state index >= 15 is 0 Å². The van der Waals surface area contributed by atoms with Crippen LogP contribution in [-0.2, 0) is 4.79 Å². The van der Waals surface area contributed by atoms with E-state index in [1.807, 2.05) is 12.1 Å². The van der Waals surface area contributed by atoms with Crippen LogP contribution in [0.25, 0.3) is 11.3 Å². The summed E-state index contributed by atoms with van der Waals surface area (Å²) in [5, 5.41) is 0. The molecule has 1 N–H and O–H groups in total. The Balaban J connectivity index is 1.69. The molecule has 1 aromatic heterocycles. The lowest BCUT2D eigenvalue weighted by Crippen LogP contribution is -2.26. The molecule has 0 bridgehead atoms. The van der Waals surface area contributed by atoms with Gasteiger partial charge in [-0.2, -0.15) is 0 Å². The van der Waals surface area contributed by atoms with Crippen LogP contribution >= 0.6 is 0 Å². The van der Waals surface area contributed by atoms with Crippen LogP contribution in [0.4, 0.5) is 20.4 Å². The third kappa shape index (κ3) is 3.49. The van der Waals surface area contributed by atoms with Crippen molar-refractivity contribution in [3.05, 3.63) is 61.3 Å². The van der Waals surface area contributed by atoms with Gasteiger partial charge in [0.05, 0.1) is 24.7 Å². The summed E-state index contributed by atoms with van der Waals surface area (Å²) in [6, 6.07) is 11.3. The number of halogens is 2. The molecule has 148 valence electrons. The summed E-state index contributed by atoms with van der Waals surface area (Å²) in [6.07, 6.45) is -1.10. The van der Waals surface area contributed by atoms with E-state index in [-0.39, 0.29) is 23.1 Å². The maximum atomic E-state index is 13.3. The maximum absolute atomic E-state index is 13.3. The van der Waals surface area contributed by atoms with E-state index in [0.717, 1.165) is 11.6 Å². The quantitative estimate of drug-likeness (QED) is 0.649. The minimum Gasteiger partial charge on any atom is -0.497 e. The van der Waals surface area contributed by atoms with E-state index in [9.17, 15) is 13.6 Å². The number of rotatable bonds is 5. The lowest BCUT2D eigenvalue weighted by molar-refractivity contribution is -0.286. The molecule has 1 amide bonds. The van der Waals surface area contributed by atoms with E-state index in [2.05, 4.69) is 26.0 Å². The molecule has 1 aliphatic rings. The maximum Gasteiger partial charge on any atom is 0.586 e. The van der Waals surface area contributed by atoms with Crippen molar-refractivity contribution in [2.75, 3.05) is 12.0 Å². The van der Waals surface area contributed by atoms with Crippen LogP contribution in [0, 0.1) is 0 Å². The van der Waals surface area contributed by atoms with Crippen LogP contribution in [0.15, 0.2) is 61.3 Å². The Bertz CT molecular complexity index is 1080. The van der Waals surface area contributed by atoms with E-state index < -0.39 is 12.2 Å². The smallest absolute Gasteiger partial charge is 0.497 e. The summed E-state index contributed by atoms with van der Waals surface area (Å²) in [6.45, 7) is 3.49. The van der Waals surface area contributed by atoms with Gasteiger partial charge in [0, 0.05) is 6.07 Å². The number of alkyl halides is 2. The summed E-state index contributed by atoms with van der Waals surface area (Å²) in [5.41, 5.74) is 1.73. The fraction of sp³-hybridized carbons (Fsp3) is 0.100. The van der Waals surface area contributed by atoms with Crippen molar-refractivity contribution in [2.45, 2.75) is 6.29 Å². The molecule has 9 heteroatoms. The second kappa shape index (κ2) is 6.93. The van der Waals surface area contributed by atoms with Crippen LogP contribution < -0.4 is 19.1 Å². The SMILES string of the molecule is C=CC(=O)N(c1ccc2c(c1)OC(F)(F)O2)c1ncc(-c2ccc(OC)cc2)[nH]1. The van der Waals surface area contributed by atoms with Crippen molar-refractivity contribution in [1.82, 2.24) is 9.97 Å². The van der Waals surface area contributed by atoms with Gasteiger partial charge in [-0.15, -0.1) is 8.78 Å². The number of carbonyl (C=O) groups is 1. The Morgan fingerprint density at radius 2 is 1.93 bits per heavy atom. The van der Waals surface area contributed by atoms with E-state index in [0.29, 0.717) is 11.4 Å².